The molecule has 0 aromatic carbocycles. The largest absolute Gasteiger partial charge is 0.328 e. The van der Waals surface area contributed by atoms with Gasteiger partial charge in [-0.3, -0.25) is 0 Å². The number of hydrogen-bond donors (Lipinski definition) is 1. The molecule has 0 fully saturated rings. The molecular formula is C4H12FNO. The first-order valence-corrected chi connectivity index (χ1v) is 2.35. The maximum atomic E-state index is 10.4. The zero-order valence-corrected chi connectivity index (χ0v) is 4.78. The minimum atomic E-state index is 0. The highest BCUT2D eigenvalue weighted by atomic mass is 19.3. The molecule has 0 aliphatic carbocycles. The molecule has 3 heteroatoms. The Labute approximate surface area is 43.4 Å². The second kappa shape index (κ2) is 16.9. The van der Waals surface area contributed by atoms with Gasteiger partial charge in [-0.05, 0) is 4.53 Å². The van der Waals surface area contributed by atoms with E-state index in [1.54, 1.807) is 0 Å². The molecule has 0 aromatic heterocycles. The summed E-state index contributed by atoms with van der Waals surface area (Å²) in [5, 5.41) is 0. The van der Waals surface area contributed by atoms with Crippen LogP contribution in [0.5, 0.6) is 0 Å². The topological polar surface area (TPSA) is 35.2 Å². The molecule has 0 heterocycles. The Morgan fingerprint density at radius 1 is 1.57 bits per heavy atom. The zero-order chi connectivity index (χ0) is 6.12. The fourth-order valence-electron chi connectivity index (χ4n) is 0.0445. The normalized spacial score (nSPS) is 6.86. The predicted molar refractivity (Wildman–Crippen MR) is 27.5 cm³/mol. The standard InChI is InChI=1S/C2H6FNO.C2H6/c3-5-2-1-4;1-2/h1-2,4H2;1-2H3. The molecule has 0 unspecified atom stereocenters. The van der Waals surface area contributed by atoms with Gasteiger partial charge in [0.25, 0.3) is 0 Å². The smallest absolute Gasteiger partial charge is 0.0998 e. The van der Waals surface area contributed by atoms with E-state index in [2.05, 4.69) is 4.94 Å². The lowest BCUT2D eigenvalue weighted by atomic mass is 10.8. The summed E-state index contributed by atoms with van der Waals surface area (Å²) in [6.07, 6.45) is 0. The average Bonchev–Trinajstić information content (AvgIpc) is 1.75. The van der Waals surface area contributed by atoms with E-state index >= 15 is 0 Å². The van der Waals surface area contributed by atoms with Crippen LogP contribution in [0.25, 0.3) is 0 Å². The number of nitrogens with two attached hydrogens (primary N) is 1. The third-order valence-electron chi connectivity index (χ3n) is 0.195. The highest BCUT2D eigenvalue weighted by Crippen LogP contribution is 1.63. The third kappa shape index (κ3) is 25.3. The van der Waals surface area contributed by atoms with Gasteiger partial charge in [-0.1, -0.05) is 13.8 Å². The maximum Gasteiger partial charge on any atom is 0.0998 e. The summed E-state index contributed by atoms with van der Waals surface area (Å²) in [6, 6.07) is 0. The zero-order valence-electron chi connectivity index (χ0n) is 4.78. The van der Waals surface area contributed by atoms with Crippen LogP contribution in [0.3, 0.4) is 0 Å². The molecule has 0 bridgehead atoms. The van der Waals surface area contributed by atoms with Crippen molar-refractivity contribution >= 4 is 0 Å². The summed E-state index contributed by atoms with van der Waals surface area (Å²) in [7, 11) is 0. The van der Waals surface area contributed by atoms with Crippen LogP contribution in [0.15, 0.2) is 0 Å². The lowest BCUT2D eigenvalue weighted by Crippen LogP contribution is -2.03. The Morgan fingerprint density at radius 2 is 2.00 bits per heavy atom. The van der Waals surface area contributed by atoms with Gasteiger partial charge in [0.15, 0.2) is 0 Å². The van der Waals surface area contributed by atoms with Gasteiger partial charge in [-0.25, -0.2) is 0 Å². The highest BCUT2D eigenvalue weighted by molar-refractivity contribution is 4.20. The van der Waals surface area contributed by atoms with E-state index in [0.29, 0.717) is 0 Å². The molecule has 0 radical (unpaired) electrons. The van der Waals surface area contributed by atoms with Crippen molar-refractivity contribution in [1.82, 2.24) is 0 Å². The van der Waals surface area contributed by atoms with Crippen LogP contribution in [0.2, 0.25) is 0 Å². The summed E-state index contributed by atoms with van der Waals surface area (Å²) < 4.78 is 10.4. The minimum Gasteiger partial charge on any atom is -0.328 e. The van der Waals surface area contributed by atoms with E-state index < -0.39 is 0 Å². The Bertz CT molecular complexity index is 19.2. The Morgan fingerprint density at radius 3 is 2.00 bits per heavy atom. The van der Waals surface area contributed by atoms with Gasteiger partial charge in [0, 0.05) is 6.54 Å². The van der Waals surface area contributed by atoms with E-state index in [4.69, 9.17) is 5.73 Å². The number of hydrogen-bond acceptors (Lipinski definition) is 2. The first kappa shape index (κ1) is 9.97. The summed E-state index contributed by atoms with van der Waals surface area (Å²) in [6.45, 7) is 4.25. The van der Waals surface area contributed by atoms with Crippen molar-refractivity contribution in [2.24, 2.45) is 5.73 Å². The number of halogens is 1. The van der Waals surface area contributed by atoms with Crippen LogP contribution >= 0.6 is 0 Å². The van der Waals surface area contributed by atoms with Gasteiger partial charge >= 0.3 is 0 Å². The molecule has 0 atom stereocenters. The van der Waals surface area contributed by atoms with Crippen LogP contribution in [0.1, 0.15) is 13.8 Å². The van der Waals surface area contributed by atoms with Gasteiger partial charge in [0.2, 0.25) is 0 Å². The highest BCUT2D eigenvalue weighted by Gasteiger charge is 1.70. The molecule has 0 aliphatic rings. The van der Waals surface area contributed by atoms with E-state index in [1.807, 2.05) is 13.8 Å². The van der Waals surface area contributed by atoms with Crippen LogP contribution < -0.4 is 5.73 Å². The van der Waals surface area contributed by atoms with Gasteiger partial charge in [-0.2, -0.15) is 4.94 Å². The predicted octanol–water partition coefficient (Wildman–Crippen LogP) is 0.872. The van der Waals surface area contributed by atoms with Crippen molar-refractivity contribution in [2.45, 2.75) is 13.8 Å². The first-order valence-electron chi connectivity index (χ1n) is 2.35. The third-order valence-corrected chi connectivity index (χ3v) is 0.195. The van der Waals surface area contributed by atoms with Crippen LogP contribution in [-0.4, -0.2) is 13.2 Å². The van der Waals surface area contributed by atoms with E-state index in [9.17, 15) is 4.53 Å². The molecule has 2 nitrogen and oxygen atoms in total. The first-order chi connectivity index (χ1) is 3.41. The number of rotatable bonds is 2. The van der Waals surface area contributed by atoms with Gasteiger partial charge in [0.05, 0.1) is 6.61 Å². The molecular weight excluding hydrogens is 97.0 g/mol. The van der Waals surface area contributed by atoms with Gasteiger partial charge < -0.3 is 5.73 Å². The van der Waals surface area contributed by atoms with E-state index in [1.165, 1.54) is 0 Å². The molecule has 0 spiro atoms. The van der Waals surface area contributed by atoms with Crippen molar-refractivity contribution in [1.29, 1.82) is 0 Å². The molecule has 0 saturated heterocycles. The maximum absolute atomic E-state index is 10.4. The lowest BCUT2D eigenvalue weighted by Gasteiger charge is -1.78. The molecule has 7 heavy (non-hydrogen) atoms. The second-order valence-electron chi connectivity index (χ2n) is 0.602. The monoisotopic (exact) mass is 109 g/mol. The summed E-state index contributed by atoms with van der Waals surface area (Å²) >= 11 is 0. The quantitative estimate of drug-likeness (QED) is 0.571. The Kier molecular flexibility index (Phi) is 24.1. The average molecular weight is 109 g/mol. The Hall–Kier alpha value is -0.150. The molecule has 0 rings (SSSR count). The van der Waals surface area contributed by atoms with Crippen molar-refractivity contribution in [3.05, 3.63) is 0 Å². The molecule has 0 amide bonds. The summed E-state index contributed by atoms with van der Waals surface area (Å²) in [4.78, 5) is 3.07. The van der Waals surface area contributed by atoms with Crippen molar-refractivity contribution in [3.8, 4) is 0 Å². The summed E-state index contributed by atoms with van der Waals surface area (Å²) in [5.41, 5.74) is 4.77. The molecule has 2 N–H and O–H groups in total. The van der Waals surface area contributed by atoms with Crippen molar-refractivity contribution < 1.29 is 9.47 Å². The van der Waals surface area contributed by atoms with Crippen molar-refractivity contribution in [2.75, 3.05) is 13.2 Å². The molecule has 0 aromatic rings. The molecule has 0 aliphatic heterocycles. The Balaban J connectivity index is 0. The minimum absolute atomic E-state index is 0. The van der Waals surface area contributed by atoms with Crippen LogP contribution in [0, 0.1) is 0 Å². The molecule has 46 valence electrons. The van der Waals surface area contributed by atoms with Crippen molar-refractivity contribution in [3.63, 3.8) is 0 Å². The van der Waals surface area contributed by atoms with Crippen LogP contribution in [0.4, 0.5) is 4.53 Å². The lowest BCUT2D eigenvalue weighted by molar-refractivity contribution is -0.128. The fraction of sp³-hybridized carbons (Fsp3) is 1.00. The van der Waals surface area contributed by atoms with E-state index in [-0.39, 0.29) is 13.2 Å². The SMILES string of the molecule is CC.NCCOF. The molecule has 0 saturated carbocycles. The van der Waals surface area contributed by atoms with Crippen LogP contribution in [-0.2, 0) is 4.94 Å². The van der Waals surface area contributed by atoms with E-state index in [0.717, 1.165) is 0 Å². The second-order valence-corrected chi connectivity index (χ2v) is 0.602. The van der Waals surface area contributed by atoms with Gasteiger partial charge in [0.1, 0.15) is 0 Å². The van der Waals surface area contributed by atoms with Gasteiger partial charge in [-0.15, -0.1) is 0 Å². The fourth-order valence-corrected chi connectivity index (χ4v) is 0.0445. The summed E-state index contributed by atoms with van der Waals surface area (Å²) in [5.74, 6) is 0.